The van der Waals surface area contributed by atoms with Crippen LogP contribution in [0.15, 0.2) is 47.6 Å². The Kier molecular flexibility index (Phi) is 7.66. The lowest BCUT2D eigenvalue weighted by Gasteiger charge is -2.10. The topological polar surface area (TPSA) is 69.0 Å². The van der Waals surface area contributed by atoms with Gasteiger partial charge in [0.1, 0.15) is 12.4 Å². The van der Waals surface area contributed by atoms with E-state index in [0.29, 0.717) is 44.0 Å². The van der Waals surface area contributed by atoms with Gasteiger partial charge in [0.2, 0.25) is 5.91 Å². The first-order valence-corrected chi connectivity index (χ1v) is 10.8. The number of hydrogen-bond donors (Lipinski definition) is 1. The fraction of sp³-hybridized carbons (Fsp3) is 0.211. The summed E-state index contributed by atoms with van der Waals surface area (Å²) in [6.45, 7) is 2.77. The van der Waals surface area contributed by atoms with Gasteiger partial charge in [0.25, 0.3) is 0 Å². The van der Waals surface area contributed by atoms with E-state index in [0.717, 1.165) is 0 Å². The highest BCUT2D eigenvalue weighted by molar-refractivity contribution is 7.99. The summed E-state index contributed by atoms with van der Waals surface area (Å²) in [5, 5.41) is 13.2. The number of benzene rings is 2. The van der Waals surface area contributed by atoms with Gasteiger partial charge >= 0.3 is 0 Å². The average Bonchev–Trinajstić information content (AvgIpc) is 3.10. The van der Waals surface area contributed by atoms with Crippen molar-refractivity contribution >= 4 is 58.2 Å². The molecule has 0 spiro atoms. The number of anilines is 1. The number of thioether (sulfide) groups is 1. The molecule has 0 radical (unpaired) electrons. The number of amides is 1. The minimum Gasteiger partial charge on any atom is -0.484 e. The van der Waals surface area contributed by atoms with Crippen LogP contribution in [0.5, 0.6) is 5.75 Å². The SMILES string of the molecule is CCn1c(COc2cc(Cl)ccc2Cl)nnc1SCC(=O)Nc1ccccc1Cl. The number of rotatable bonds is 8. The van der Waals surface area contributed by atoms with Gasteiger partial charge in [0.05, 0.1) is 21.5 Å². The maximum Gasteiger partial charge on any atom is 0.234 e. The zero-order chi connectivity index (χ0) is 20.8. The Bertz CT molecular complexity index is 1010. The van der Waals surface area contributed by atoms with Crippen LogP contribution in [0.1, 0.15) is 12.7 Å². The molecule has 0 fully saturated rings. The van der Waals surface area contributed by atoms with E-state index in [1.807, 2.05) is 11.5 Å². The van der Waals surface area contributed by atoms with Gasteiger partial charge < -0.3 is 14.6 Å². The van der Waals surface area contributed by atoms with E-state index in [4.69, 9.17) is 39.5 Å². The summed E-state index contributed by atoms with van der Waals surface area (Å²) in [4.78, 5) is 12.2. The number of ether oxygens (including phenoxy) is 1. The quantitative estimate of drug-likeness (QED) is 0.435. The van der Waals surface area contributed by atoms with Crippen LogP contribution in [0.2, 0.25) is 15.1 Å². The van der Waals surface area contributed by atoms with Crippen LogP contribution in [0.25, 0.3) is 0 Å². The normalized spacial score (nSPS) is 10.8. The van der Waals surface area contributed by atoms with Gasteiger partial charge in [-0.05, 0) is 31.2 Å². The second-order valence-electron chi connectivity index (χ2n) is 5.82. The lowest BCUT2D eigenvalue weighted by Crippen LogP contribution is -2.15. The van der Waals surface area contributed by atoms with Crippen LogP contribution < -0.4 is 10.1 Å². The van der Waals surface area contributed by atoms with Crippen molar-refractivity contribution in [1.29, 1.82) is 0 Å². The van der Waals surface area contributed by atoms with Gasteiger partial charge in [-0.2, -0.15) is 0 Å². The van der Waals surface area contributed by atoms with Crippen LogP contribution >= 0.6 is 46.6 Å². The Morgan fingerprint density at radius 3 is 2.69 bits per heavy atom. The van der Waals surface area contributed by atoms with Gasteiger partial charge in [-0.25, -0.2) is 0 Å². The summed E-state index contributed by atoms with van der Waals surface area (Å²) >= 11 is 19.4. The number of halogens is 3. The third-order valence-electron chi connectivity index (χ3n) is 3.84. The molecule has 0 aliphatic rings. The van der Waals surface area contributed by atoms with Crippen LogP contribution in [-0.2, 0) is 17.9 Å². The molecule has 0 aliphatic heterocycles. The molecule has 10 heteroatoms. The van der Waals surface area contributed by atoms with Crippen molar-refractivity contribution in [3.8, 4) is 5.75 Å². The first-order valence-electron chi connectivity index (χ1n) is 8.65. The standard InChI is InChI=1S/C19H17Cl3N4O2S/c1-2-26-17(10-28-16-9-12(20)7-8-14(16)22)24-25-19(26)29-11-18(27)23-15-6-4-3-5-13(15)21/h3-9H,2,10-11H2,1H3,(H,23,27). The van der Waals surface area contributed by atoms with Crippen molar-refractivity contribution in [1.82, 2.24) is 14.8 Å². The third-order valence-corrected chi connectivity index (χ3v) is 5.68. The number of carbonyl (C=O) groups is 1. The Labute approximate surface area is 187 Å². The van der Waals surface area contributed by atoms with E-state index in [2.05, 4.69) is 15.5 Å². The van der Waals surface area contributed by atoms with E-state index in [1.54, 1.807) is 42.5 Å². The predicted molar refractivity (Wildman–Crippen MR) is 117 cm³/mol. The molecule has 29 heavy (non-hydrogen) atoms. The number of hydrogen-bond acceptors (Lipinski definition) is 5. The summed E-state index contributed by atoms with van der Waals surface area (Å²) in [5.41, 5.74) is 0.573. The van der Waals surface area contributed by atoms with Crippen molar-refractivity contribution in [3.63, 3.8) is 0 Å². The molecule has 0 atom stereocenters. The van der Waals surface area contributed by atoms with Gasteiger partial charge in [-0.1, -0.05) is 58.7 Å². The number of aromatic nitrogens is 3. The fourth-order valence-corrected chi connectivity index (χ4v) is 3.80. The molecule has 0 unspecified atom stereocenters. The minimum absolute atomic E-state index is 0.171. The highest BCUT2D eigenvalue weighted by Gasteiger charge is 2.15. The molecule has 2 aromatic carbocycles. The summed E-state index contributed by atoms with van der Waals surface area (Å²) in [6.07, 6.45) is 0. The van der Waals surface area contributed by atoms with Crippen molar-refractivity contribution in [3.05, 3.63) is 63.4 Å². The van der Waals surface area contributed by atoms with Gasteiger partial charge in [-0.15, -0.1) is 10.2 Å². The van der Waals surface area contributed by atoms with Gasteiger partial charge in [-0.3, -0.25) is 4.79 Å². The number of carbonyl (C=O) groups excluding carboxylic acids is 1. The average molecular weight is 472 g/mol. The first kappa shape index (κ1) is 21.8. The molecule has 3 rings (SSSR count). The Balaban J connectivity index is 1.61. The maximum atomic E-state index is 12.2. The zero-order valence-electron chi connectivity index (χ0n) is 15.4. The molecule has 1 amide bonds. The van der Waals surface area contributed by atoms with E-state index in [1.165, 1.54) is 11.8 Å². The van der Waals surface area contributed by atoms with Crippen molar-refractivity contribution < 1.29 is 9.53 Å². The molecule has 1 N–H and O–H groups in total. The molecule has 1 aromatic heterocycles. The first-order chi connectivity index (χ1) is 14.0. The molecule has 0 bridgehead atoms. The largest absolute Gasteiger partial charge is 0.484 e. The fourth-order valence-electron chi connectivity index (χ4n) is 2.46. The summed E-state index contributed by atoms with van der Waals surface area (Å²) in [5.74, 6) is 1.08. The molecule has 0 saturated heterocycles. The highest BCUT2D eigenvalue weighted by atomic mass is 35.5. The van der Waals surface area contributed by atoms with Crippen molar-refractivity contribution in [2.45, 2.75) is 25.2 Å². The zero-order valence-corrected chi connectivity index (χ0v) is 18.4. The van der Waals surface area contributed by atoms with Crippen LogP contribution in [0, 0.1) is 0 Å². The highest BCUT2D eigenvalue weighted by Crippen LogP contribution is 2.28. The molecule has 6 nitrogen and oxygen atoms in total. The number of nitrogens with zero attached hydrogens (tertiary/aromatic N) is 3. The smallest absolute Gasteiger partial charge is 0.234 e. The lowest BCUT2D eigenvalue weighted by molar-refractivity contribution is -0.113. The summed E-state index contributed by atoms with van der Waals surface area (Å²) < 4.78 is 7.62. The van der Waals surface area contributed by atoms with Crippen LogP contribution in [0.4, 0.5) is 5.69 Å². The monoisotopic (exact) mass is 470 g/mol. The third kappa shape index (κ3) is 5.79. The minimum atomic E-state index is -0.183. The maximum absolute atomic E-state index is 12.2. The van der Waals surface area contributed by atoms with E-state index >= 15 is 0 Å². The van der Waals surface area contributed by atoms with E-state index < -0.39 is 0 Å². The number of para-hydroxylation sites is 1. The molecule has 0 aliphatic carbocycles. The predicted octanol–water partition coefficient (Wildman–Crippen LogP) is 5.57. The Morgan fingerprint density at radius 1 is 1.14 bits per heavy atom. The Morgan fingerprint density at radius 2 is 1.93 bits per heavy atom. The lowest BCUT2D eigenvalue weighted by atomic mass is 10.3. The van der Waals surface area contributed by atoms with Gasteiger partial charge in [0.15, 0.2) is 11.0 Å². The second kappa shape index (κ2) is 10.2. The van der Waals surface area contributed by atoms with E-state index in [9.17, 15) is 4.79 Å². The molecule has 3 aromatic rings. The molecule has 152 valence electrons. The molecule has 1 heterocycles. The number of nitrogens with one attached hydrogen (secondary N) is 1. The summed E-state index contributed by atoms with van der Waals surface area (Å²) in [7, 11) is 0. The molecular weight excluding hydrogens is 455 g/mol. The van der Waals surface area contributed by atoms with Crippen LogP contribution in [0.3, 0.4) is 0 Å². The molecule has 0 saturated carbocycles. The summed E-state index contributed by atoms with van der Waals surface area (Å²) in [6, 6.07) is 12.1. The second-order valence-corrected chi connectivity index (χ2v) is 8.02. The van der Waals surface area contributed by atoms with Gasteiger partial charge in [0, 0.05) is 17.6 Å². The van der Waals surface area contributed by atoms with E-state index in [-0.39, 0.29) is 18.3 Å². The van der Waals surface area contributed by atoms with Crippen molar-refractivity contribution in [2.75, 3.05) is 11.1 Å². The van der Waals surface area contributed by atoms with Crippen molar-refractivity contribution in [2.24, 2.45) is 0 Å². The molecular formula is C19H17Cl3N4O2S. The Hall–Kier alpha value is -1.93. The van der Waals surface area contributed by atoms with Crippen LogP contribution in [-0.4, -0.2) is 26.4 Å².